The molecule has 20 heavy (non-hydrogen) atoms. The van der Waals surface area contributed by atoms with Crippen LogP contribution in [0.15, 0.2) is 0 Å². The number of aliphatic hydroxyl groups excluding tert-OH is 1. The van der Waals surface area contributed by atoms with Gasteiger partial charge in [-0.1, -0.05) is 19.8 Å². The molecule has 4 N–H and O–H groups in total. The van der Waals surface area contributed by atoms with Crippen molar-refractivity contribution in [1.29, 1.82) is 0 Å². The largest absolute Gasteiger partial charge is 0.389 e. The number of hydrogen-bond acceptors (Lipinski definition) is 5. The Morgan fingerprint density at radius 1 is 1.50 bits per heavy atom. The van der Waals surface area contributed by atoms with E-state index >= 15 is 0 Å². The third-order valence-corrected chi connectivity index (χ3v) is 3.46. The number of carbonyl (C=O) groups is 1. The van der Waals surface area contributed by atoms with Crippen molar-refractivity contribution in [2.24, 2.45) is 11.7 Å². The third kappa shape index (κ3) is 8.47. The quantitative estimate of drug-likeness (QED) is 0.493. The van der Waals surface area contributed by atoms with Crippen molar-refractivity contribution < 1.29 is 19.4 Å². The van der Waals surface area contributed by atoms with E-state index in [9.17, 15) is 9.90 Å². The molecule has 118 valence electrons. The minimum absolute atomic E-state index is 0.0623. The smallest absolute Gasteiger partial charge is 0.243 e. The Bertz CT molecular complexity index is 276. The Kier molecular flexibility index (Phi) is 8.77. The number of rotatable bonds is 10. The number of ether oxygens (including phenoxy) is 2. The average Bonchev–Trinajstić information content (AvgIpc) is 2.40. The summed E-state index contributed by atoms with van der Waals surface area (Å²) in [5, 5.41) is 12.8. The van der Waals surface area contributed by atoms with E-state index in [1.165, 1.54) is 12.8 Å². The topological polar surface area (TPSA) is 93.8 Å². The zero-order valence-electron chi connectivity index (χ0n) is 12.3. The van der Waals surface area contributed by atoms with Crippen LogP contribution in [0.1, 0.15) is 32.6 Å². The molecule has 0 bridgehead atoms. The molecule has 0 heterocycles. The molecule has 0 aliphatic heterocycles. The summed E-state index contributed by atoms with van der Waals surface area (Å²) in [6, 6.07) is 0. The molecule has 0 spiro atoms. The first-order valence-corrected chi connectivity index (χ1v) is 7.44. The molecule has 1 saturated carbocycles. The van der Waals surface area contributed by atoms with Gasteiger partial charge in [-0.3, -0.25) is 4.79 Å². The van der Waals surface area contributed by atoms with Gasteiger partial charge in [-0.15, -0.1) is 0 Å². The molecule has 3 atom stereocenters. The van der Waals surface area contributed by atoms with Gasteiger partial charge in [-0.25, -0.2) is 0 Å². The van der Waals surface area contributed by atoms with E-state index in [2.05, 4.69) is 12.2 Å². The van der Waals surface area contributed by atoms with Crippen molar-refractivity contribution >= 4 is 5.91 Å². The van der Waals surface area contributed by atoms with Gasteiger partial charge in [0.05, 0.1) is 25.4 Å². The van der Waals surface area contributed by atoms with Crippen LogP contribution in [0.5, 0.6) is 0 Å². The Hall–Kier alpha value is -0.690. The zero-order chi connectivity index (χ0) is 14.8. The maximum atomic E-state index is 10.4. The van der Waals surface area contributed by atoms with Crippen LogP contribution in [0.25, 0.3) is 0 Å². The molecule has 6 nitrogen and oxygen atoms in total. The highest BCUT2D eigenvalue weighted by atomic mass is 16.5. The lowest BCUT2D eigenvalue weighted by Crippen LogP contribution is -2.34. The maximum absolute atomic E-state index is 10.4. The molecule has 0 saturated heterocycles. The number of hydrogen-bond donors (Lipinski definition) is 3. The molecule has 0 aromatic carbocycles. The van der Waals surface area contributed by atoms with E-state index in [-0.39, 0.29) is 6.61 Å². The Morgan fingerprint density at radius 2 is 2.30 bits per heavy atom. The fraction of sp³-hybridized carbons (Fsp3) is 0.929. The van der Waals surface area contributed by atoms with Gasteiger partial charge in [-0.05, 0) is 18.8 Å². The highest BCUT2D eigenvalue weighted by Crippen LogP contribution is 2.25. The van der Waals surface area contributed by atoms with E-state index in [4.69, 9.17) is 15.2 Å². The standard InChI is InChI=1S/C14H28N2O4/c1-11-3-2-4-13(7-11)20-9-12(17)8-16-5-6-19-10-14(15)18/h11-13,16-17H,2-10H2,1H3,(H2,15,18). The second kappa shape index (κ2) is 10.1. The summed E-state index contributed by atoms with van der Waals surface area (Å²) in [6.45, 7) is 3.99. The predicted octanol–water partition coefficient (Wildman–Crippen LogP) is 0.0341. The third-order valence-electron chi connectivity index (χ3n) is 3.46. The molecule has 0 radical (unpaired) electrons. The molecule has 1 rings (SSSR count). The second-order valence-electron chi connectivity index (χ2n) is 5.60. The van der Waals surface area contributed by atoms with Crippen LogP contribution in [0.2, 0.25) is 0 Å². The minimum Gasteiger partial charge on any atom is -0.389 e. The summed E-state index contributed by atoms with van der Waals surface area (Å²) in [6.07, 6.45) is 4.50. The van der Waals surface area contributed by atoms with E-state index in [1.54, 1.807) is 0 Å². The fourth-order valence-corrected chi connectivity index (χ4v) is 2.42. The van der Waals surface area contributed by atoms with Crippen LogP contribution >= 0.6 is 0 Å². The van der Waals surface area contributed by atoms with Gasteiger partial charge in [-0.2, -0.15) is 0 Å². The number of aliphatic hydroxyl groups is 1. The van der Waals surface area contributed by atoms with Crippen LogP contribution in [0.3, 0.4) is 0 Å². The van der Waals surface area contributed by atoms with Crippen molar-refractivity contribution in [1.82, 2.24) is 5.32 Å². The lowest BCUT2D eigenvalue weighted by atomic mass is 9.89. The molecule has 0 aromatic heterocycles. The number of nitrogens with one attached hydrogen (secondary N) is 1. The molecule has 6 heteroatoms. The number of primary amides is 1. The Balaban J connectivity index is 1.94. The first-order valence-electron chi connectivity index (χ1n) is 7.44. The summed E-state index contributed by atoms with van der Waals surface area (Å²) in [5.41, 5.74) is 4.93. The van der Waals surface area contributed by atoms with Crippen molar-refractivity contribution in [2.75, 3.05) is 32.9 Å². The van der Waals surface area contributed by atoms with E-state index < -0.39 is 12.0 Å². The van der Waals surface area contributed by atoms with Crippen molar-refractivity contribution in [3.05, 3.63) is 0 Å². The molecular weight excluding hydrogens is 260 g/mol. The molecule has 0 aromatic rings. The molecular formula is C14H28N2O4. The van der Waals surface area contributed by atoms with E-state index in [1.807, 2.05) is 0 Å². The van der Waals surface area contributed by atoms with Crippen LogP contribution in [0.4, 0.5) is 0 Å². The summed E-state index contributed by atoms with van der Waals surface area (Å²) >= 11 is 0. The SMILES string of the molecule is CC1CCCC(OCC(O)CNCCOCC(N)=O)C1. The van der Waals surface area contributed by atoms with Crippen molar-refractivity contribution in [2.45, 2.75) is 44.8 Å². The van der Waals surface area contributed by atoms with E-state index in [0.717, 1.165) is 18.8 Å². The van der Waals surface area contributed by atoms with E-state index in [0.29, 0.717) is 32.4 Å². The lowest BCUT2D eigenvalue weighted by Gasteiger charge is -2.27. The average molecular weight is 288 g/mol. The van der Waals surface area contributed by atoms with Crippen molar-refractivity contribution in [3.8, 4) is 0 Å². The highest BCUT2D eigenvalue weighted by molar-refractivity contribution is 5.74. The number of nitrogens with two attached hydrogens (primary N) is 1. The monoisotopic (exact) mass is 288 g/mol. The van der Waals surface area contributed by atoms with Crippen LogP contribution in [0, 0.1) is 5.92 Å². The van der Waals surface area contributed by atoms with Gasteiger partial charge in [0.1, 0.15) is 6.61 Å². The minimum atomic E-state index is -0.511. The fourth-order valence-electron chi connectivity index (χ4n) is 2.42. The highest BCUT2D eigenvalue weighted by Gasteiger charge is 2.20. The first-order chi connectivity index (χ1) is 9.58. The number of amides is 1. The molecule has 3 unspecified atom stereocenters. The maximum Gasteiger partial charge on any atom is 0.243 e. The molecule has 1 aliphatic carbocycles. The molecule has 1 fully saturated rings. The molecule has 1 aliphatic rings. The zero-order valence-corrected chi connectivity index (χ0v) is 12.3. The van der Waals surface area contributed by atoms with Gasteiger partial charge in [0.25, 0.3) is 0 Å². The van der Waals surface area contributed by atoms with Gasteiger partial charge in [0, 0.05) is 13.1 Å². The Morgan fingerprint density at radius 3 is 3.00 bits per heavy atom. The summed E-state index contributed by atoms with van der Waals surface area (Å²) in [5.74, 6) is 0.256. The van der Waals surface area contributed by atoms with Crippen LogP contribution in [-0.2, 0) is 14.3 Å². The summed E-state index contributed by atoms with van der Waals surface area (Å²) in [4.78, 5) is 10.4. The number of carbonyl (C=O) groups excluding carboxylic acids is 1. The predicted molar refractivity (Wildman–Crippen MR) is 76.3 cm³/mol. The van der Waals surface area contributed by atoms with Crippen LogP contribution < -0.4 is 11.1 Å². The summed E-state index contributed by atoms with van der Waals surface area (Å²) < 4.78 is 10.7. The lowest BCUT2D eigenvalue weighted by molar-refractivity contribution is -0.122. The van der Waals surface area contributed by atoms with Crippen molar-refractivity contribution in [3.63, 3.8) is 0 Å². The van der Waals surface area contributed by atoms with Gasteiger partial charge in [0.15, 0.2) is 0 Å². The second-order valence-corrected chi connectivity index (χ2v) is 5.60. The van der Waals surface area contributed by atoms with Gasteiger partial charge < -0.3 is 25.6 Å². The normalized spacial score (nSPS) is 24.5. The Labute approximate surface area is 121 Å². The molecule has 1 amide bonds. The summed E-state index contributed by atoms with van der Waals surface area (Å²) in [7, 11) is 0. The van der Waals surface area contributed by atoms with Gasteiger partial charge in [0.2, 0.25) is 5.91 Å². The van der Waals surface area contributed by atoms with Crippen LogP contribution in [-0.4, -0.2) is 56.1 Å². The van der Waals surface area contributed by atoms with Gasteiger partial charge >= 0.3 is 0 Å². The first kappa shape index (κ1) is 17.4.